The standard InChI is InChI=1S/C11H11F3N2O2.C11H23NO.C10H16F2NP/c1-2-7(17)5-3-4-6-8(11(12,13)14)10(18)16-15-9(5)6;1-4-7-8-10-12(9-5-2)11(13)6-3;1-4-6-8(3)13-7-9(5-2)10(11,12)14/h5H,2-4H2,1H3,(H,16,18);6,13H,4-5,7-10H2,1-3H3;5-7H,4,14H2,1-3H3/b;11-6+;8-6-,9-5+,13-7-. The lowest BCUT2D eigenvalue weighted by molar-refractivity contribution is -0.139. The second-order valence-corrected chi connectivity index (χ2v) is 11.1. The number of rotatable bonds is 13. The molecule has 1 aromatic rings. The number of unbranched alkanes of at least 4 members (excludes halogenated alkanes) is 2. The first-order valence-corrected chi connectivity index (χ1v) is 16.0. The van der Waals surface area contributed by atoms with E-state index in [1.165, 1.54) is 40.8 Å². The Balaban J connectivity index is 0.000000659. The van der Waals surface area contributed by atoms with Gasteiger partial charge in [-0.3, -0.25) is 14.6 Å². The number of allylic oxidation sites excluding steroid dienone is 5. The summed E-state index contributed by atoms with van der Waals surface area (Å²) in [6.45, 7) is 15.1. The zero-order valence-corrected chi connectivity index (χ0v) is 28.7. The Bertz CT molecular complexity index is 1230. The van der Waals surface area contributed by atoms with Crippen LogP contribution in [0.5, 0.6) is 0 Å². The SMILES string of the molecule is C/C=C(/O)N(CCC)CCCCC.CCC(=O)C1CCc2c1n[nH]c(=O)c2C(F)(F)F.C\C=C(/C=N\C(C)=C/CC)C(F)(F)P. The minimum absolute atomic E-state index is 0.0670. The van der Waals surface area contributed by atoms with Gasteiger partial charge in [0.25, 0.3) is 11.2 Å². The molecule has 0 saturated carbocycles. The zero-order chi connectivity index (χ0) is 34.8. The molecule has 0 aliphatic heterocycles. The first-order chi connectivity index (χ1) is 21.0. The van der Waals surface area contributed by atoms with E-state index in [2.05, 4.69) is 28.8 Å². The molecule has 2 unspecified atom stereocenters. The van der Waals surface area contributed by atoms with Crippen LogP contribution in [0.4, 0.5) is 22.0 Å². The summed E-state index contributed by atoms with van der Waals surface area (Å²) in [4.78, 5) is 28.8. The summed E-state index contributed by atoms with van der Waals surface area (Å²) in [6.07, 6.45) is 7.68. The number of ketones is 1. The molecule has 1 aromatic heterocycles. The van der Waals surface area contributed by atoms with Gasteiger partial charge >= 0.3 is 6.18 Å². The third-order valence-electron chi connectivity index (χ3n) is 6.86. The van der Waals surface area contributed by atoms with Crippen molar-refractivity contribution in [2.24, 2.45) is 4.99 Å². The molecule has 13 heteroatoms. The summed E-state index contributed by atoms with van der Waals surface area (Å²) >= 11 is 0. The van der Waals surface area contributed by atoms with Gasteiger partial charge in [0.15, 0.2) is 5.88 Å². The molecular weight excluding hydrogens is 614 g/mol. The van der Waals surface area contributed by atoms with Crippen LogP contribution in [0, 0.1) is 0 Å². The topological polar surface area (TPSA) is 98.6 Å². The Hall–Kier alpha value is -2.88. The number of alkyl halides is 5. The monoisotopic (exact) mass is 664 g/mol. The van der Waals surface area contributed by atoms with Crippen molar-refractivity contribution in [3.8, 4) is 0 Å². The van der Waals surface area contributed by atoms with Crippen molar-refractivity contribution in [3.63, 3.8) is 0 Å². The number of hydrogen-bond donors (Lipinski definition) is 2. The van der Waals surface area contributed by atoms with Crippen LogP contribution in [-0.4, -0.2) is 51.0 Å². The predicted octanol–water partition coefficient (Wildman–Crippen LogP) is 8.89. The van der Waals surface area contributed by atoms with Gasteiger partial charge in [-0.2, -0.15) is 27.1 Å². The van der Waals surface area contributed by atoms with Crippen LogP contribution >= 0.6 is 9.24 Å². The lowest BCUT2D eigenvalue weighted by Gasteiger charge is -2.22. The molecule has 0 aromatic carbocycles. The number of halogens is 5. The molecule has 2 rings (SSSR count). The molecule has 0 saturated heterocycles. The second kappa shape index (κ2) is 21.0. The fraction of sp³-hybridized carbons (Fsp3) is 0.625. The van der Waals surface area contributed by atoms with Crippen molar-refractivity contribution >= 4 is 21.2 Å². The molecule has 256 valence electrons. The van der Waals surface area contributed by atoms with E-state index in [4.69, 9.17) is 0 Å². The number of aliphatic imine (C=N–C) groups is 1. The van der Waals surface area contributed by atoms with E-state index in [1.54, 1.807) is 26.8 Å². The highest BCUT2D eigenvalue weighted by molar-refractivity contribution is 7.18. The number of H-pyrrole nitrogens is 1. The number of aromatic amines is 1. The van der Waals surface area contributed by atoms with Crippen LogP contribution in [0.25, 0.3) is 0 Å². The molecule has 1 heterocycles. The van der Waals surface area contributed by atoms with Crippen LogP contribution < -0.4 is 5.56 Å². The van der Waals surface area contributed by atoms with Crippen LogP contribution in [0.2, 0.25) is 0 Å². The second-order valence-electron chi connectivity index (χ2n) is 10.4. The Morgan fingerprint density at radius 1 is 1.09 bits per heavy atom. The molecule has 0 fully saturated rings. The molecule has 2 N–H and O–H groups in total. The number of nitrogens with one attached hydrogen (secondary N) is 1. The van der Waals surface area contributed by atoms with E-state index < -0.39 is 28.9 Å². The van der Waals surface area contributed by atoms with E-state index >= 15 is 0 Å². The van der Waals surface area contributed by atoms with Gasteiger partial charge < -0.3 is 10.0 Å². The summed E-state index contributed by atoms with van der Waals surface area (Å²) in [5.74, 6) is -0.345. The number of fused-ring (bicyclic) bond motifs is 1. The molecule has 0 radical (unpaired) electrons. The van der Waals surface area contributed by atoms with Gasteiger partial charge in [-0.25, -0.2) is 5.10 Å². The predicted molar refractivity (Wildman–Crippen MR) is 175 cm³/mol. The van der Waals surface area contributed by atoms with Crippen LogP contribution in [0.15, 0.2) is 45.2 Å². The molecule has 45 heavy (non-hydrogen) atoms. The number of aliphatic hydroxyl groups is 1. The minimum Gasteiger partial charge on any atom is -0.495 e. The fourth-order valence-corrected chi connectivity index (χ4v) is 4.79. The van der Waals surface area contributed by atoms with Crippen molar-refractivity contribution in [2.75, 3.05) is 13.1 Å². The lowest BCUT2D eigenvalue weighted by atomic mass is 9.99. The molecule has 0 amide bonds. The van der Waals surface area contributed by atoms with Crippen molar-refractivity contribution < 1.29 is 31.9 Å². The molecule has 0 spiro atoms. The van der Waals surface area contributed by atoms with Crippen LogP contribution in [-0.2, 0) is 17.4 Å². The van der Waals surface area contributed by atoms with Crippen LogP contribution in [0.1, 0.15) is 116 Å². The summed E-state index contributed by atoms with van der Waals surface area (Å²) in [5.41, 5.74) is -4.74. The first-order valence-electron chi connectivity index (χ1n) is 15.4. The van der Waals surface area contributed by atoms with E-state index in [1.807, 2.05) is 25.0 Å². The average molecular weight is 665 g/mol. The van der Waals surface area contributed by atoms with E-state index in [0.717, 1.165) is 31.6 Å². The van der Waals surface area contributed by atoms with E-state index in [-0.39, 0.29) is 41.9 Å². The molecule has 7 nitrogen and oxygen atoms in total. The highest BCUT2D eigenvalue weighted by atomic mass is 31.0. The van der Waals surface area contributed by atoms with E-state index in [0.29, 0.717) is 5.88 Å². The number of aliphatic hydroxyl groups excluding tert-OH is 1. The number of carbonyl (C=O) groups excluding carboxylic acids is 1. The maximum Gasteiger partial charge on any atom is 0.422 e. The first kappa shape index (κ1) is 42.1. The lowest BCUT2D eigenvalue weighted by Crippen LogP contribution is -2.26. The largest absolute Gasteiger partial charge is 0.495 e. The molecule has 1 aliphatic carbocycles. The zero-order valence-electron chi connectivity index (χ0n) is 27.5. The Morgan fingerprint density at radius 3 is 2.20 bits per heavy atom. The number of Topliss-reactive ketones (excluding diaryl/α,β-unsaturated/α-hetero) is 1. The molecular formula is C32H50F5N4O3P. The van der Waals surface area contributed by atoms with Crippen molar-refractivity contribution in [1.82, 2.24) is 15.1 Å². The van der Waals surface area contributed by atoms with Gasteiger partial charge in [0, 0.05) is 37.0 Å². The smallest absolute Gasteiger partial charge is 0.422 e. The maximum absolute atomic E-state index is 12.8. The van der Waals surface area contributed by atoms with Crippen LogP contribution in [0.3, 0.4) is 0 Å². The number of carbonyl (C=O) groups is 1. The van der Waals surface area contributed by atoms with Gasteiger partial charge in [-0.1, -0.05) is 61.9 Å². The molecule has 1 aliphatic rings. The summed E-state index contributed by atoms with van der Waals surface area (Å²) in [6, 6.07) is 0. The van der Waals surface area contributed by atoms with Crippen molar-refractivity contribution in [2.45, 2.75) is 118 Å². The fourth-order valence-electron chi connectivity index (χ4n) is 4.54. The Kier molecular flexibility index (Phi) is 19.7. The average Bonchev–Trinajstić information content (AvgIpc) is 3.39. The number of nitrogens with zero attached hydrogens (tertiary/aromatic N) is 3. The van der Waals surface area contributed by atoms with Gasteiger partial charge in [0.1, 0.15) is 11.3 Å². The third kappa shape index (κ3) is 14.8. The maximum atomic E-state index is 12.8. The van der Waals surface area contributed by atoms with Gasteiger partial charge in [-0.15, -0.1) is 0 Å². The van der Waals surface area contributed by atoms with Gasteiger partial charge in [0.2, 0.25) is 0 Å². The number of hydrogen-bond acceptors (Lipinski definition) is 6. The molecule has 2 atom stereocenters. The summed E-state index contributed by atoms with van der Waals surface area (Å²) in [7, 11) is 1.50. The highest BCUT2D eigenvalue weighted by Gasteiger charge is 2.42. The normalized spacial score (nSPS) is 15.7. The van der Waals surface area contributed by atoms with Gasteiger partial charge in [0.05, 0.1) is 11.6 Å². The Morgan fingerprint density at radius 2 is 1.73 bits per heavy atom. The molecule has 0 bridgehead atoms. The van der Waals surface area contributed by atoms with Crippen molar-refractivity contribution in [1.29, 1.82) is 0 Å². The van der Waals surface area contributed by atoms with Crippen molar-refractivity contribution in [3.05, 3.63) is 62.6 Å². The summed E-state index contributed by atoms with van der Waals surface area (Å²) < 4.78 is 64.0. The third-order valence-corrected chi connectivity index (χ3v) is 7.19. The van der Waals surface area contributed by atoms with E-state index in [9.17, 15) is 36.6 Å². The summed E-state index contributed by atoms with van der Waals surface area (Å²) in [5, 5.41) is 15.0. The Labute approximate surface area is 266 Å². The quantitative estimate of drug-likeness (QED) is 0.0722. The number of aromatic nitrogens is 2. The highest BCUT2D eigenvalue weighted by Crippen LogP contribution is 2.38. The minimum atomic E-state index is -4.72. The van der Waals surface area contributed by atoms with Gasteiger partial charge in [-0.05, 0) is 64.5 Å².